The standard InChI is InChI=1S/C21H20N4O.CH5N/c1-13(2)26-19-11-15(9-10-16(19)12-22)20-23-21(25-24-20)18-8-4-6-14-5-3-7-17(14)18;1-2/h4,6,8-11,13H,3,5,7H2,1-2H3,(H,23,24,25);2H2,1H3. The van der Waals surface area contributed by atoms with Crippen molar-refractivity contribution in [3.63, 3.8) is 0 Å². The van der Waals surface area contributed by atoms with E-state index in [4.69, 9.17) is 9.72 Å². The molecule has 3 N–H and O–H groups in total. The third-order valence-corrected chi connectivity index (χ3v) is 4.61. The zero-order valence-corrected chi connectivity index (χ0v) is 16.5. The number of benzene rings is 2. The van der Waals surface area contributed by atoms with Gasteiger partial charge in [0.05, 0.1) is 11.7 Å². The van der Waals surface area contributed by atoms with Crippen molar-refractivity contribution in [3.05, 3.63) is 53.1 Å². The fourth-order valence-electron chi connectivity index (χ4n) is 3.46. The SMILES string of the molecule is CC(C)Oc1cc(-c2n[nH]c(-c3cccc4c3CCC4)n2)ccc1C#N.CN. The summed E-state index contributed by atoms with van der Waals surface area (Å²) in [7, 11) is 1.50. The van der Waals surface area contributed by atoms with E-state index in [0.717, 1.165) is 29.8 Å². The molecule has 4 rings (SSSR count). The highest BCUT2D eigenvalue weighted by atomic mass is 16.5. The Hall–Kier alpha value is -3.17. The molecule has 1 heterocycles. The molecule has 0 bridgehead atoms. The minimum absolute atomic E-state index is 0.00744. The number of rotatable bonds is 4. The topological polar surface area (TPSA) is 101 Å². The Bertz CT molecular complexity index is 1000. The van der Waals surface area contributed by atoms with Gasteiger partial charge in [0.2, 0.25) is 0 Å². The van der Waals surface area contributed by atoms with Crippen LogP contribution in [-0.2, 0) is 12.8 Å². The van der Waals surface area contributed by atoms with Crippen molar-refractivity contribution in [2.24, 2.45) is 5.73 Å². The van der Waals surface area contributed by atoms with Gasteiger partial charge < -0.3 is 10.5 Å². The van der Waals surface area contributed by atoms with Crippen LogP contribution in [0.1, 0.15) is 37.0 Å². The smallest absolute Gasteiger partial charge is 0.181 e. The van der Waals surface area contributed by atoms with E-state index in [0.29, 0.717) is 17.1 Å². The normalized spacial score (nSPS) is 12.1. The number of nitrogens with zero attached hydrogens (tertiary/aromatic N) is 3. The van der Waals surface area contributed by atoms with E-state index < -0.39 is 0 Å². The van der Waals surface area contributed by atoms with Gasteiger partial charge in [-0.15, -0.1) is 0 Å². The lowest BCUT2D eigenvalue weighted by atomic mass is 10.0. The van der Waals surface area contributed by atoms with Crippen molar-refractivity contribution in [1.29, 1.82) is 5.26 Å². The first-order valence-corrected chi connectivity index (χ1v) is 9.48. The first-order chi connectivity index (χ1) is 13.7. The van der Waals surface area contributed by atoms with Crippen LogP contribution in [0.25, 0.3) is 22.8 Å². The number of fused-ring (bicyclic) bond motifs is 1. The lowest BCUT2D eigenvalue weighted by Crippen LogP contribution is -2.07. The van der Waals surface area contributed by atoms with Gasteiger partial charge in [0.15, 0.2) is 11.6 Å². The van der Waals surface area contributed by atoms with E-state index in [9.17, 15) is 5.26 Å². The monoisotopic (exact) mass is 375 g/mol. The van der Waals surface area contributed by atoms with Gasteiger partial charge in [0, 0.05) is 11.1 Å². The van der Waals surface area contributed by atoms with E-state index in [1.54, 1.807) is 6.07 Å². The Morgan fingerprint density at radius 1 is 1.18 bits per heavy atom. The van der Waals surface area contributed by atoms with Crippen LogP contribution in [0.15, 0.2) is 36.4 Å². The summed E-state index contributed by atoms with van der Waals surface area (Å²) < 4.78 is 5.76. The molecule has 0 aliphatic heterocycles. The van der Waals surface area contributed by atoms with Crippen LogP contribution in [0.2, 0.25) is 0 Å². The third-order valence-electron chi connectivity index (χ3n) is 4.61. The zero-order chi connectivity index (χ0) is 20.1. The second kappa shape index (κ2) is 8.68. The van der Waals surface area contributed by atoms with Crippen molar-refractivity contribution in [1.82, 2.24) is 15.2 Å². The van der Waals surface area contributed by atoms with Gasteiger partial charge in [0.25, 0.3) is 0 Å². The second-order valence-corrected chi connectivity index (χ2v) is 6.79. The van der Waals surface area contributed by atoms with Gasteiger partial charge in [-0.2, -0.15) is 10.4 Å². The van der Waals surface area contributed by atoms with E-state index in [2.05, 4.69) is 40.2 Å². The van der Waals surface area contributed by atoms with Crippen molar-refractivity contribution in [2.45, 2.75) is 39.2 Å². The van der Waals surface area contributed by atoms with E-state index in [1.807, 2.05) is 26.0 Å². The molecule has 3 aromatic rings. The molecule has 0 amide bonds. The summed E-state index contributed by atoms with van der Waals surface area (Å²) >= 11 is 0. The molecule has 28 heavy (non-hydrogen) atoms. The number of hydrogen-bond donors (Lipinski definition) is 2. The van der Waals surface area contributed by atoms with Crippen LogP contribution in [0, 0.1) is 11.3 Å². The molecule has 0 saturated carbocycles. The highest BCUT2D eigenvalue weighted by Crippen LogP contribution is 2.32. The molecule has 0 spiro atoms. The number of hydrogen-bond acceptors (Lipinski definition) is 5. The molecular weight excluding hydrogens is 350 g/mol. The minimum atomic E-state index is -0.00744. The van der Waals surface area contributed by atoms with Crippen LogP contribution in [-0.4, -0.2) is 28.3 Å². The number of aromatic amines is 1. The average Bonchev–Trinajstić information content (AvgIpc) is 3.38. The summed E-state index contributed by atoms with van der Waals surface area (Å²) in [6.07, 6.45) is 3.41. The molecule has 0 radical (unpaired) electrons. The first-order valence-electron chi connectivity index (χ1n) is 9.48. The molecule has 1 aliphatic rings. The maximum absolute atomic E-state index is 9.27. The highest BCUT2D eigenvalue weighted by Gasteiger charge is 2.18. The third kappa shape index (κ3) is 3.90. The van der Waals surface area contributed by atoms with Crippen molar-refractivity contribution < 1.29 is 4.74 Å². The molecule has 1 aromatic heterocycles. The van der Waals surface area contributed by atoms with Crippen LogP contribution in [0.5, 0.6) is 5.75 Å². The minimum Gasteiger partial charge on any atom is -0.490 e. The number of nitrogens with one attached hydrogen (secondary N) is 1. The predicted molar refractivity (Wildman–Crippen MR) is 110 cm³/mol. The van der Waals surface area contributed by atoms with Gasteiger partial charge in [-0.25, -0.2) is 4.98 Å². The largest absolute Gasteiger partial charge is 0.490 e. The van der Waals surface area contributed by atoms with Crippen molar-refractivity contribution in [2.75, 3.05) is 7.05 Å². The van der Waals surface area contributed by atoms with Crippen molar-refractivity contribution in [3.8, 4) is 34.6 Å². The summed E-state index contributed by atoms with van der Waals surface area (Å²) in [6, 6.07) is 14.0. The van der Waals surface area contributed by atoms with E-state index in [-0.39, 0.29) is 6.10 Å². The maximum atomic E-state index is 9.27. The van der Waals surface area contributed by atoms with Gasteiger partial charge >= 0.3 is 0 Å². The lowest BCUT2D eigenvalue weighted by molar-refractivity contribution is 0.242. The first kappa shape index (κ1) is 19.6. The number of aryl methyl sites for hydroxylation is 1. The molecule has 0 saturated heterocycles. The Balaban J connectivity index is 0.00000109. The molecule has 6 heteroatoms. The van der Waals surface area contributed by atoms with Crippen LogP contribution >= 0.6 is 0 Å². The number of nitrogens with two attached hydrogens (primary N) is 1. The van der Waals surface area contributed by atoms with Crippen molar-refractivity contribution >= 4 is 0 Å². The number of nitriles is 1. The average molecular weight is 375 g/mol. The van der Waals surface area contributed by atoms with Gasteiger partial charge in [-0.05, 0) is 69.5 Å². The van der Waals surface area contributed by atoms with Crippen LogP contribution in [0.3, 0.4) is 0 Å². The Morgan fingerprint density at radius 2 is 2.00 bits per heavy atom. The Kier molecular flexibility index (Phi) is 6.07. The van der Waals surface area contributed by atoms with Crippen LogP contribution < -0.4 is 10.5 Å². The highest BCUT2D eigenvalue weighted by molar-refractivity contribution is 5.67. The molecular formula is C22H25N5O. The van der Waals surface area contributed by atoms with Crippen LogP contribution in [0.4, 0.5) is 0 Å². The number of H-pyrrole nitrogens is 1. The zero-order valence-electron chi connectivity index (χ0n) is 16.5. The van der Waals surface area contributed by atoms with Gasteiger partial charge in [-0.3, -0.25) is 5.10 Å². The Labute approximate surface area is 165 Å². The molecule has 2 aromatic carbocycles. The lowest BCUT2D eigenvalue weighted by Gasteiger charge is -2.11. The van der Waals surface area contributed by atoms with E-state index in [1.165, 1.54) is 24.6 Å². The fraction of sp³-hybridized carbons (Fsp3) is 0.318. The number of aromatic nitrogens is 3. The summed E-state index contributed by atoms with van der Waals surface area (Å²) in [5.41, 5.74) is 9.75. The predicted octanol–water partition coefficient (Wildman–Crippen LogP) is 3.86. The summed E-state index contributed by atoms with van der Waals surface area (Å²) in [5.74, 6) is 1.95. The van der Waals surface area contributed by atoms with Gasteiger partial charge in [-0.1, -0.05) is 18.2 Å². The van der Waals surface area contributed by atoms with Gasteiger partial charge in [0.1, 0.15) is 11.8 Å². The molecule has 0 fully saturated rings. The molecule has 0 unspecified atom stereocenters. The maximum Gasteiger partial charge on any atom is 0.181 e. The van der Waals surface area contributed by atoms with E-state index >= 15 is 0 Å². The Morgan fingerprint density at radius 3 is 2.75 bits per heavy atom. The summed E-state index contributed by atoms with van der Waals surface area (Å²) in [4.78, 5) is 4.70. The second-order valence-electron chi connectivity index (χ2n) is 6.79. The summed E-state index contributed by atoms with van der Waals surface area (Å²) in [6.45, 7) is 3.88. The molecule has 144 valence electrons. The quantitative estimate of drug-likeness (QED) is 0.721. The molecule has 1 aliphatic carbocycles. The number of ether oxygens (including phenoxy) is 1. The fourth-order valence-corrected chi connectivity index (χ4v) is 3.46. The molecule has 6 nitrogen and oxygen atoms in total. The molecule has 0 atom stereocenters. The summed E-state index contributed by atoms with van der Waals surface area (Å²) in [5, 5.41) is 16.7.